The van der Waals surface area contributed by atoms with E-state index in [1.807, 2.05) is 11.9 Å². The van der Waals surface area contributed by atoms with E-state index in [9.17, 15) is 4.79 Å². The van der Waals surface area contributed by atoms with Crippen LogP contribution < -0.4 is 0 Å². The molecule has 82 valence electrons. The molecule has 0 aromatic carbocycles. The summed E-state index contributed by atoms with van der Waals surface area (Å²) in [6, 6.07) is 0. The number of hydrogen-bond donors (Lipinski definition) is 0. The molecule has 2 nitrogen and oxygen atoms in total. The molecular weight excluding hydrogens is 174 g/mol. The van der Waals surface area contributed by atoms with Gasteiger partial charge in [0.05, 0.1) is 0 Å². The van der Waals surface area contributed by atoms with Crippen LogP contribution in [0.25, 0.3) is 0 Å². The highest BCUT2D eigenvalue weighted by molar-refractivity contribution is 5.79. The highest BCUT2D eigenvalue weighted by Gasteiger charge is 2.41. The lowest BCUT2D eigenvalue weighted by atomic mass is 9.70. The fraction of sp³-hybridized carbons (Fsp3) is 0.917. The second-order valence-corrected chi connectivity index (χ2v) is 6.25. The molecule has 2 heteroatoms. The van der Waals surface area contributed by atoms with Crippen LogP contribution in [0, 0.1) is 16.7 Å². The van der Waals surface area contributed by atoms with E-state index in [1.165, 1.54) is 0 Å². The second kappa shape index (κ2) is 3.25. The van der Waals surface area contributed by atoms with Crippen LogP contribution in [0.2, 0.25) is 0 Å². The first-order valence-electron chi connectivity index (χ1n) is 5.41. The molecule has 0 aromatic heterocycles. The first-order valence-corrected chi connectivity index (χ1v) is 5.41. The number of carbonyl (C=O) groups excluding carboxylic acids is 1. The van der Waals surface area contributed by atoms with E-state index < -0.39 is 0 Å². The molecule has 1 fully saturated rings. The van der Waals surface area contributed by atoms with Gasteiger partial charge in [0, 0.05) is 19.5 Å². The predicted octanol–water partition coefficient (Wildman–Crippen LogP) is 2.54. The van der Waals surface area contributed by atoms with Gasteiger partial charge < -0.3 is 4.90 Å². The predicted molar refractivity (Wildman–Crippen MR) is 59.0 cm³/mol. The maximum atomic E-state index is 12.0. The number of hydrogen-bond acceptors (Lipinski definition) is 1. The van der Waals surface area contributed by atoms with Crippen molar-refractivity contribution in [1.29, 1.82) is 0 Å². The highest BCUT2D eigenvalue weighted by atomic mass is 16.2. The van der Waals surface area contributed by atoms with Gasteiger partial charge >= 0.3 is 0 Å². The summed E-state index contributed by atoms with van der Waals surface area (Å²) in [5.74, 6) is 0.426. The van der Waals surface area contributed by atoms with Crippen LogP contribution in [0.4, 0.5) is 0 Å². The molecular formula is C12H23NO. The van der Waals surface area contributed by atoms with E-state index >= 15 is 0 Å². The van der Waals surface area contributed by atoms with Gasteiger partial charge in [-0.25, -0.2) is 0 Å². The van der Waals surface area contributed by atoms with Crippen LogP contribution in [0.3, 0.4) is 0 Å². The van der Waals surface area contributed by atoms with E-state index in [2.05, 4.69) is 34.6 Å². The van der Waals surface area contributed by atoms with E-state index in [0.717, 1.165) is 13.0 Å². The molecule has 0 N–H and O–H groups in total. The minimum Gasteiger partial charge on any atom is -0.345 e. The monoisotopic (exact) mass is 197 g/mol. The molecule has 0 saturated carbocycles. The number of rotatable bonds is 0. The first kappa shape index (κ1) is 11.5. The summed E-state index contributed by atoms with van der Waals surface area (Å²) in [6.07, 6.45) is 1.11. The van der Waals surface area contributed by atoms with Crippen LogP contribution in [-0.2, 0) is 4.79 Å². The van der Waals surface area contributed by atoms with Gasteiger partial charge in [0.15, 0.2) is 0 Å². The van der Waals surface area contributed by atoms with Crippen molar-refractivity contribution < 1.29 is 4.79 Å². The van der Waals surface area contributed by atoms with Crippen molar-refractivity contribution in [3.05, 3.63) is 0 Å². The third-order valence-corrected chi connectivity index (χ3v) is 3.52. The van der Waals surface area contributed by atoms with Crippen molar-refractivity contribution in [3.8, 4) is 0 Å². The fourth-order valence-electron chi connectivity index (χ4n) is 2.83. The molecule has 0 aliphatic carbocycles. The molecule has 14 heavy (non-hydrogen) atoms. The molecule has 1 aliphatic heterocycles. The lowest BCUT2D eigenvalue weighted by molar-refractivity contribution is -0.135. The molecule has 1 aliphatic rings. The van der Waals surface area contributed by atoms with Gasteiger partial charge in [-0.1, -0.05) is 34.6 Å². The average Bonchev–Trinajstić information content (AvgIpc) is 2.01. The number of likely N-dealkylation sites (tertiary alicyclic amines) is 1. The Labute approximate surface area is 87.7 Å². The molecule has 0 spiro atoms. The van der Waals surface area contributed by atoms with Gasteiger partial charge in [0.2, 0.25) is 5.91 Å². The Bertz CT molecular complexity index is 243. The maximum absolute atomic E-state index is 12.0. The van der Waals surface area contributed by atoms with Crippen molar-refractivity contribution in [2.45, 2.75) is 41.0 Å². The van der Waals surface area contributed by atoms with Crippen LogP contribution in [-0.4, -0.2) is 24.4 Å². The van der Waals surface area contributed by atoms with E-state index in [1.54, 1.807) is 0 Å². The van der Waals surface area contributed by atoms with Gasteiger partial charge in [0.25, 0.3) is 0 Å². The third kappa shape index (κ3) is 2.10. The Morgan fingerprint density at radius 2 is 1.79 bits per heavy atom. The molecule has 1 heterocycles. The van der Waals surface area contributed by atoms with Crippen molar-refractivity contribution in [3.63, 3.8) is 0 Å². The van der Waals surface area contributed by atoms with Gasteiger partial charge in [-0.05, 0) is 17.3 Å². The van der Waals surface area contributed by atoms with E-state index in [-0.39, 0.29) is 16.7 Å². The quantitative estimate of drug-likeness (QED) is 0.584. The summed E-state index contributed by atoms with van der Waals surface area (Å²) in [5.41, 5.74) is 0.351. The molecule has 0 bridgehead atoms. The maximum Gasteiger partial charge on any atom is 0.225 e. The fourth-order valence-corrected chi connectivity index (χ4v) is 2.83. The van der Waals surface area contributed by atoms with Gasteiger partial charge in [-0.3, -0.25) is 4.79 Å². The second-order valence-electron chi connectivity index (χ2n) is 6.25. The zero-order valence-electron chi connectivity index (χ0n) is 10.3. The van der Waals surface area contributed by atoms with Crippen molar-refractivity contribution in [2.24, 2.45) is 16.7 Å². The average molecular weight is 197 g/mol. The summed E-state index contributed by atoms with van der Waals surface area (Å²) in [5, 5.41) is 0. The molecule has 1 saturated heterocycles. The first-order chi connectivity index (χ1) is 6.16. The summed E-state index contributed by atoms with van der Waals surface area (Å²) < 4.78 is 0. The Kier molecular flexibility index (Phi) is 2.68. The summed E-state index contributed by atoms with van der Waals surface area (Å²) in [7, 11) is 1.92. The normalized spacial score (nSPS) is 31.4. The number of amides is 1. The zero-order valence-corrected chi connectivity index (χ0v) is 10.3. The Hall–Kier alpha value is -0.530. The summed E-state index contributed by atoms with van der Waals surface area (Å²) >= 11 is 0. The Balaban J connectivity index is 3.01. The van der Waals surface area contributed by atoms with Crippen LogP contribution >= 0.6 is 0 Å². The minimum atomic E-state index is 0.116. The van der Waals surface area contributed by atoms with Gasteiger partial charge in [-0.2, -0.15) is 0 Å². The Morgan fingerprint density at radius 3 is 2.29 bits per heavy atom. The largest absolute Gasteiger partial charge is 0.345 e. The molecule has 0 aromatic rings. The standard InChI is InChI=1S/C12H23NO/c1-9-10(14)13(6)8-11(2,3)7-12(9,4)5/h9H,7-8H2,1-6H3. The summed E-state index contributed by atoms with van der Waals surface area (Å²) in [4.78, 5) is 13.9. The smallest absolute Gasteiger partial charge is 0.225 e. The molecule has 0 radical (unpaired) electrons. The molecule has 1 unspecified atom stereocenters. The Morgan fingerprint density at radius 1 is 1.29 bits per heavy atom. The van der Waals surface area contributed by atoms with Gasteiger partial charge in [0.1, 0.15) is 0 Å². The van der Waals surface area contributed by atoms with Gasteiger partial charge in [-0.15, -0.1) is 0 Å². The van der Waals surface area contributed by atoms with E-state index in [4.69, 9.17) is 0 Å². The third-order valence-electron chi connectivity index (χ3n) is 3.52. The molecule has 1 rings (SSSR count). The van der Waals surface area contributed by atoms with Crippen molar-refractivity contribution >= 4 is 5.91 Å². The van der Waals surface area contributed by atoms with Crippen molar-refractivity contribution in [2.75, 3.05) is 13.6 Å². The topological polar surface area (TPSA) is 20.3 Å². The lowest BCUT2D eigenvalue weighted by Gasteiger charge is -2.33. The van der Waals surface area contributed by atoms with E-state index in [0.29, 0.717) is 5.91 Å². The SMILES string of the molecule is CC1C(=O)N(C)CC(C)(C)CC1(C)C. The van der Waals surface area contributed by atoms with Crippen LogP contribution in [0.15, 0.2) is 0 Å². The lowest BCUT2D eigenvalue weighted by Crippen LogP contribution is -2.36. The molecule has 1 atom stereocenters. The zero-order chi connectivity index (χ0) is 11.1. The number of carbonyl (C=O) groups is 1. The van der Waals surface area contributed by atoms with Crippen LogP contribution in [0.5, 0.6) is 0 Å². The number of nitrogens with zero attached hydrogens (tertiary/aromatic N) is 1. The minimum absolute atomic E-state index is 0.116. The van der Waals surface area contributed by atoms with Crippen LogP contribution in [0.1, 0.15) is 41.0 Å². The highest BCUT2D eigenvalue weighted by Crippen LogP contribution is 2.42. The van der Waals surface area contributed by atoms with Crippen molar-refractivity contribution in [1.82, 2.24) is 4.90 Å². The molecule has 1 amide bonds. The summed E-state index contributed by atoms with van der Waals surface area (Å²) in [6.45, 7) is 11.8.